The molecule has 0 aliphatic carbocycles. The Kier molecular flexibility index (Phi) is 8.90. The Morgan fingerprint density at radius 1 is 0.500 bits per heavy atom. The van der Waals surface area contributed by atoms with E-state index in [4.69, 9.17) is 18.9 Å². The van der Waals surface area contributed by atoms with Gasteiger partial charge in [-0.1, -0.05) is 0 Å². The van der Waals surface area contributed by atoms with E-state index >= 15 is 0 Å². The number of aromatic nitrogens is 2. The zero-order chi connectivity index (χ0) is 28.7. The summed E-state index contributed by atoms with van der Waals surface area (Å²) in [5, 5.41) is 2.11. The van der Waals surface area contributed by atoms with Crippen LogP contribution in [-0.2, 0) is 6.61 Å². The van der Waals surface area contributed by atoms with Gasteiger partial charge in [-0.3, -0.25) is 0 Å². The minimum atomic E-state index is -1.46. The van der Waals surface area contributed by atoms with Crippen molar-refractivity contribution in [2.24, 2.45) is 0 Å². The Bertz CT molecular complexity index is 1680. The van der Waals surface area contributed by atoms with Gasteiger partial charge in [0.25, 0.3) is 0 Å². The van der Waals surface area contributed by atoms with E-state index in [1.54, 1.807) is 0 Å². The number of aryl methyl sites for hydroxylation is 2. The fourth-order valence-electron chi connectivity index (χ4n) is 4.33. The van der Waals surface area contributed by atoms with Gasteiger partial charge in [-0.2, -0.15) is 0 Å². The average Bonchev–Trinajstić information content (AvgIpc) is 3.02. The van der Waals surface area contributed by atoms with E-state index in [2.05, 4.69) is 22.1 Å². The molecule has 2 heterocycles. The van der Waals surface area contributed by atoms with Crippen LogP contribution in [0.2, 0.25) is 0 Å². The molecule has 0 N–H and O–H groups in total. The van der Waals surface area contributed by atoms with Crippen molar-refractivity contribution in [1.29, 1.82) is 0 Å². The van der Waals surface area contributed by atoms with Crippen LogP contribution >= 0.6 is 0 Å². The van der Waals surface area contributed by atoms with Crippen molar-refractivity contribution in [2.75, 3.05) is 0 Å². The quantitative estimate of drug-likeness (QED) is 0.138. The molecule has 6 rings (SSSR count). The van der Waals surface area contributed by atoms with E-state index in [1.165, 1.54) is 0 Å². The second kappa shape index (κ2) is 13.3. The third-order valence-corrected chi connectivity index (χ3v) is 9.53. The van der Waals surface area contributed by atoms with Crippen LogP contribution in [0.5, 0.6) is 28.7 Å². The molecular weight excluding hydrogens is 644 g/mol. The molecule has 204 valence electrons. The third kappa shape index (κ3) is 7.05. The Morgan fingerprint density at radius 3 is 1.50 bits per heavy atom. The zero-order valence-electron chi connectivity index (χ0n) is 23.2. The molecule has 2 radical (unpaired) electrons. The van der Waals surface area contributed by atoms with E-state index in [0.29, 0.717) is 6.61 Å². The van der Waals surface area contributed by atoms with Gasteiger partial charge in [0.05, 0.1) is 0 Å². The Hall–Kier alpha value is -4.03. The molecule has 6 aromatic rings. The number of pyridine rings is 2. The number of hydrogen-bond donors (Lipinski definition) is 0. The van der Waals surface area contributed by atoms with Gasteiger partial charge in [-0.25, -0.2) is 0 Å². The maximum absolute atomic E-state index is 6.02. The van der Waals surface area contributed by atoms with Crippen LogP contribution in [0.25, 0.3) is 21.8 Å². The van der Waals surface area contributed by atoms with Crippen molar-refractivity contribution in [3.8, 4) is 28.7 Å². The summed E-state index contributed by atoms with van der Waals surface area (Å²) >= 11 is -2.91. The summed E-state index contributed by atoms with van der Waals surface area (Å²) in [6.45, 7) is 4.40. The second-order valence-electron chi connectivity index (χ2n) is 9.63. The number of fused-ring (bicyclic) bond motifs is 2. The number of hydrogen-bond acceptors (Lipinski definition) is 7. The van der Waals surface area contributed by atoms with Gasteiger partial charge < -0.3 is 0 Å². The fraction of sp³-hybridized carbons (Fsp3) is 0.0909. The van der Waals surface area contributed by atoms with E-state index in [9.17, 15) is 0 Å². The van der Waals surface area contributed by atoms with Crippen LogP contribution in [0.4, 0.5) is 0 Å². The number of ether oxygens (including phenoxy) is 1. The first-order valence-electron chi connectivity index (χ1n) is 13.5. The molecule has 0 fully saturated rings. The van der Waals surface area contributed by atoms with E-state index in [-0.39, 0.29) is 0 Å². The van der Waals surface area contributed by atoms with Crippen LogP contribution < -0.4 is 18.9 Å². The molecule has 2 aromatic heterocycles. The molecular formula is C33H26Ga2N2O5. The van der Waals surface area contributed by atoms with Crippen LogP contribution in [0, 0.1) is 13.8 Å². The van der Waals surface area contributed by atoms with Crippen LogP contribution in [0.15, 0.2) is 109 Å². The van der Waals surface area contributed by atoms with E-state index < -0.39 is 36.3 Å². The summed E-state index contributed by atoms with van der Waals surface area (Å²) in [7, 11) is 0. The predicted molar refractivity (Wildman–Crippen MR) is 164 cm³/mol. The third-order valence-electron chi connectivity index (χ3n) is 6.52. The summed E-state index contributed by atoms with van der Waals surface area (Å²) in [5.41, 5.74) is 4.70. The van der Waals surface area contributed by atoms with Crippen molar-refractivity contribution < 1.29 is 18.9 Å². The first kappa shape index (κ1) is 28.1. The topological polar surface area (TPSA) is 71.9 Å². The maximum atomic E-state index is 6.02. The monoisotopic (exact) mass is 668 g/mol. The Morgan fingerprint density at radius 2 is 0.976 bits per heavy atom. The molecule has 0 spiro atoms. The van der Waals surface area contributed by atoms with Crippen molar-refractivity contribution in [3.63, 3.8) is 0 Å². The normalized spacial score (nSPS) is 10.7. The summed E-state index contributed by atoms with van der Waals surface area (Å²) in [4.78, 5) is 9.23. The van der Waals surface area contributed by atoms with Crippen molar-refractivity contribution >= 4 is 58.1 Å². The summed E-state index contributed by atoms with van der Waals surface area (Å²) in [5.74, 6) is 3.84. The molecule has 7 nitrogen and oxygen atoms in total. The molecule has 0 unspecified atom stereocenters. The van der Waals surface area contributed by atoms with Crippen LogP contribution in [-0.4, -0.2) is 46.2 Å². The summed E-state index contributed by atoms with van der Waals surface area (Å²) in [6, 6.07) is 35.5. The number of nitrogens with zero attached hydrogens (tertiary/aromatic N) is 2. The molecule has 0 aliphatic rings. The van der Waals surface area contributed by atoms with Gasteiger partial charge in [0.15, 0.2) is 0 Å². The summed E-state index contributed by atoms with van der Waals surface area (Å²) in [6.07, 6.45) is 0. The average molecular weight is 670 g/mol. The summed E-state index contributed by atoms with van der Waals surface area (Å²) < 4.78 is 29.9. The van der Waals surface area contributed by atoms with Gasteiger partial charge in [0, 0.05) is 0 Å². The van der Waals surface area contributed by atoms with Gasteiger partial charge >= 0.3 is 262 Å². The number of benzene rings is 4. The predicted octanol–water partition coefficient (Wildman–Crippen LogP) is 6.96. The minimum absolute atomic E-state index is 0.448. The number of rotatable bonds is 11. The van der Waals surface area contributed by atoms with Crippen LogP contribution in [0.3, 0.4) is 0 Å². The van der Waals surface area contributed by atoms with Gasteiger partial charge in [-0.05, 0) is 0 Å². The standard InChI is InChI=1S/C13H12O3.2C10H9NO.2Ga/c14-11-3-1-10(2-4-11)9-16-13-7-5-12(15)6-8-13;2*1-7-5-6-8-3-2-4-9(12)10(8)11-7;;/h1-8,14-15H,9H2;2*2-6,12H,1H3;;/q;;;2*+2/p-4. The van der Waals surface area contributed by atoms with E-state index in [0.717, 1.165) is 67.5 Å². The zero-order valence-corrected chi connectivity index (χ0v) is 28.0. The van der Waals surface area contributed by atoms with Gasteiger partial charge in [0.2, 0.25) is 0 Å². The van der Waals surface area contributed by atoms with Gasteiger partial charge in [-0.15, -0.1) is 0 Å². The fourth-order valence-corrected chi connectivity index (χ4v) is 6.89. The molecule has 42 heavy (non-hydrogen) atoms. The SMILES string of the molecule is Cc1ccc2cccc([O][Ga][O]c3ccc(COc4ccc([O][Ga][O]c5cccc6ccc(C)nc56)cc4)cc3)c2n1. The first-order valence-corrected chi connectivity index (χ1v) is 17.4. The molecule has 4 aromatic carbocycles. The number of para-hydroxylation sites is 2. The molecule has 0 atom stereocenters. The molecule has 0 amide bonds. The second-order valence-corrected chi connectivity index (χ2v) is 12.4. The molecule has 0 saturated heterocycles. The Balaban J connectivity index is 0.954. The molecule has 0 saturated carbocycles. The van der Waals surface area contributed by atoms with Crippen molar-refractivity contribution in [1.82, 2.24) is 9.97 Å². The van der Waals surface area contributed by atoms with Crippen LogP contribution in [0.1, 0.15) is 17.0 Å². The van der Waals surface area contributed by atoms with Gasteiger partial charge in [0.1, 0.15) is 0 Å². The van der Waals surface area contributed by atoms with Crippen molar-refractivity contribution in [3.05, 3.63) is 126 Å². The first-order chi connectivity index (χ1) is 20.6. The van der Waals surface area contributed by atoms with E-state index in [1.807, 2.05) is 111 Å². The molecule has 0 bridgehead atoms. The van der Waals surface area contributed by atoms with Crippen molar-refractivity contribution in [2.45, 2.75) is 20.5 Å². The molecule has 0 aliphatic heterocycles. The Labute approximate surface area is 261 Å². The molecule has 9 heteroatoms.